The SMILES string of the molecule is CCC(=O)c1ccc(OCC(=O)N(CC)Cc2nnc(CC)o2)cc1. The summed E-state index contributed by atoms with van der Waals surface area (Å²) in [7, 11) is 0. The van der Waals surface area contributed by atoms with Crippen molar-refractivity contribution in [1.82, 2.24) is 15.1 Å². The van der Waals surface area contributed by atoms with Crippen molar-refractivity contribution < 1.29 is 18.7 Å². The fraction of sp³-hybridized carbons (Fsp3) is 0.444. The van der Waals surface area contributed by atoms with Gasteiger partial charge in [0.2, 0.25) is 11.8 Å². The van der Waals surface area contributed by atoms with Crippen molar-refractivity contribution in [3.8, 4) is 5.75 Å². The first-order valence-corrected chi connectivity index (χ1v) is 8.42. The smallest absolute Gasteiger partial charge is 0.260 e. The third kappa shape index (κ3) is 5.14. The summed E-state index contributed by atoms with van der Waals surface area (Å²) in [5.74, 6) is 1.41. The number of ether oxygens (including phenoxy) is 1. The molecule has 0 bridgehead atoms. The maximum atomic E-state index is 12.3. The van der Waals surface area contributed by atoms with E-state index in [0.29, 0.717) is 42.5 Å². The van der Waals surface area contributed by atoms with Crippen LogP contribution < -0.4 is 4.74 Å². The van der Waals surface area contributed by atoms with E-state index < -0.39 is 0 Å². The van der Waals surface area contributed by atoms with Crippen LogP contribution in [0.1, 0.15) is 49.3 Å². The summed E-state index contributed by atoms with van der Waals surface area (Å²) in [6.07, 6.45) is 1.12. The fourth-order valence-corrected chi connectivity index (χ4v) is 2.21. The number of likely N-dealkylation sites (N-methyl/N-ethyl adjacent to an activating group) is 1. The zero-order valence-electron chi connectivity index (χ0n) is 14.8. The van der Waals surface area contributed by atoms with E-state index >= 15 is 0 Å². The van der Waals surface area contributed by atoms with E-state index in [1.54, 1.807) is 29.2 Å². The van der Waals surface area contributed by atoms with Crippen molar-refractivity contribution in [2.45, 2.75) is 40.2 Å². The minimum atomic E-state index is -0.174. The van der Waals surface area contributed by atoms with Gasteiger partial charge >= 0.3 is 0 Å². The quantitative estimate of drug-likeness (QED) is 0.650. The van der Waals surface area contributed by atoms with Crippen LogP contribution in [0.5, 0.6) is 5.75 Å². The van der Waals surface area contributed by atoms with Crippen LogP contribution in [0.4, 0.5) is 0 Å². The maximum absolute atomic E-state index is 12.3. The molecule has 2 rings (SSSR count). The molecule has 1 amide bonds. The van der Waals surface area contributed by atoms with Gasteiger partial charge in [-0.2, -0.15) is 0 Å². The Morgan fingerprint density at radius 1 is 1.08 bits per heavy atom. The third-order valence-electron chi connectivity index (χ3n) is 3.73. The molecule has 25 heavy (non-hydrogen) atoms. The lowest BCUT2D eigenvalue weighted by molar-refractivity contribution is -0.134. The lowest BCUT2D eigenvalue weighted by Gasteiger charge is -2.19. The molecule has 0 radical (unpaired) electrons. The Morgan fingerprint density at radius 2 is 1.76 bits per heavy atom. The zero-order chi connectivity index (χ0) is 18.2. The first-order chi connectivity index (χ1) is 12.1. The lowest BCUT2D eigenvalue weighted by atomic mass is 10.1. The van der Waals surface area contributed by atoms with Gasteiger partial charge in [-0.25, -0.2) is 0 Å². The Bertz CT molecular complexity index is 709. The summed E-state index contributed by atoms with van der Waals surface area (Å²) in [5, 5.41) is 7.82. The number of hydrogen-bond donors (Lipinski definition) is 0. The number of rotatable bonds is 9. The van der Waals surface area contributed by atoms with E-state index in [4.69, 9.17) is 9.15 Å². The molecule has 0 unspecified atom stereocenters. The number of Topliss-reactive ketones (excluding diaryl/α,β-unsaturated/α-hetero) is 1. The van der Waals surface area contributed by atoms with E-state index in [0.717, 1.165) is 0 Å². The number of carbonyl (C=O) groups excluding carboxylic acids is 2. The summed E-state index contributed by atoms with van der Waals surface area (Å²) in [6, 6.07) is 6.79. The number of ketones is 1. The molecule has 0 atom stereocenters. The number of hydrogen-bond acceptors (Lipinski definition) is 6. The number of benzene rings is 1. The molecule has 7 nitrogen and oxygen atoms in total. The van der Waals surface area contributed by atoms with Crippen LogP contribution in [0.25, 0.3) is 0 Å². The van der Waals surface area contributed by atoms with Gasteiger partial charge < -0.3 is 14.1 Å². The lowest BCUT2D eigenvalue weighted by Crippen LogP contribution is -2.34. The number of aryl methyl sites for hydroxylation is 1. The van der Waals surface area contributed by atoms with Crippen LogP contribution in [-0.4, -0.2) is 39.9 Å². The molecule has 7 heteroatoms. The Hall–Kier alpha value is -2.70. The topological polar surface area (TPSA) is 85.5 Å². The molecule has 0 spiro atoms. The first-order valence-electron chi connectivity index (χ1n) is 8.42. The van der Waals surface area contributed by atoms with Gasteiger partial charge in [-0.05, 0) is 31.2 Å². The van der Waals surface area contributed by atoms with Crippen molar-refractivity contribution in [3.63, 3.8) is 0 Å². The van der Waals surface area contributed by atoms with Crippen LogP contribution in [-0.2, 0) is 17.8 Å². The molecular formula is C18H23N3O4. The molecule has 1 aromatic heterocycles. The molecule has 2 aromatic rings. The maximum Gasteiger partial charge on any atom is 0.260 e. The molecule has 0 aliphatic rings. The Balaban J connectivity index is 1.89. The van der Waals surface area contributed by atoms with Gasteiger partial charge in [0.1, 0.15) is 5.75 Å². The summed E-state index contributed by atoms with van der Waals surface area (Å²) in [4.78, 5) is 25.5. The molecule has 1 heterocycles. The largest absolute Gasteiger partial charge is 0.484 e. The normalized spacial score (nSPS) is 10.5. The van der Waals surface area contributed by atoms with E-state index in [9.17, 15) is 9.59 Å². The van der Waals surface area contributed by atoms with Crippen molar-refractivity contribution in [3.05, 3.63) is 41.6 Å². The predicted molar refractivity (Wildman–Crippen MR) is 91.3 cm³/mol. The fourth-order valence-electron chi connectivity index (χ4n) is 2.21. The van der Waals surface area contributed by atoms with E-state index in [1.807, 2.05) is 20.8 Å². The summed E-state index contributed by atoms with van der Waals surface area (Å²) in [6.45, 7) is 6.29. The van der Waals surface area contributed by atoms with Crippen LogP contribution in [0, 0.1) is 0 Å². The minimum Gasteiger partial charge on any atom is -0.484 e. The van der Waals surface area contributed by atoms with E-state index in [1.165, 1.54) is 0 Å². The monoisotopic (exact) mass is 345 g/mol. The van der Waals surface area contributed by atoms with Crippen molar-refractivity contribution >= 4 is 11.7 Å². The number of carbonyl (C=O) groups is 2. The summed E-state index contributed by atoms with van der Waals surface area (Å²) >= 11 is 0. The average Bonchev–Trinajstić information content (AvgIpc) is 3.11. The Kier molecular flexibility index (Phi) is 6.68. The molecule has 1 aromatic carbocycles. The van der Waals surface area contributed by atoms with Gasteiger partial charge in [0, 0.05) is 24.9 Å². The Morgan fingerprint density at radius 3 is 2.32 bits per heavy atom. The predicted octanol–water partition coefficient (Wildman–Crippen LogP) is 2.65. The highest BCUT2D eigenvalue weighted by Crippen LogP contribution is 2.14. The van der Waals surface area contributed by atoms with Crippen LogP contribution in [0.15, 0.2) is 28.7 Å². The second-order valence-corrected chi connectivity index (χ2v) is 5.44. The molecule has 0 saturated carbocycles. The van der Waals surface area contributed by atoms with Crippen molar-refractivity contribution in [2.24, 2.45) is 0 Å². The van der Waals surface area contributed by atoms with Gasteiger partial charge in [0.15, 0.2) is 12.4 Å². The second-order valence-electron chi connectivity index (χ2n) is 5.44. The zero-order valence-corrected chi connectivity index (χ0v) is 14.8. The highest BCUT2D eigenvalue weighted by Gasteiger charge is 2.16. The summed E-state index contributed by atoms with van der Waals surface area (Å²) < 4.78 is 10.9. The van der Waals surface area contributed by atoms with E-state index in [2.05, 4.69) is 10.2 Å². The van der Waals surface area contributed by atoms with Gasteiger partial charge in [0.05, 0.1) is 6.54 Å². The molecule has 134 valence electrons. The van der Waals surface area contributed by atoms with Gasteiger partial charge in [0.25, 0.3) is 5.91 Å². The molecule has 0 N–H and O–H groups in total. The van der Waals surface area contributed by atoms with Crippen molar-refractivity contribution in [1.29, 1.82) is 0 Å². The van der Waals surface area contributed by atoms with Crippen molar-refractivity contribution in [2.75, 3.05) is 13.2 Å². The molecule has 0 aliphatic heterocycles. The number of nitrogens with zero attached hydrogens (tertiary/aromatic N) is 3. The number of aromatic nitrogens is 2. The minimum absolute atomic E-state index is 0.0748. The van der Waals surface area contributed by atoms with Gasteiger partial charge in [-0.3, -0.25) is 9.59 Å². The van der Waals surface area contributed by atoms with Gasteiger partial charge in [-0.15, -0.1) is 10.2 Å². The second kappa shape index (κ2) is 8.96. The molecule has 0 saturated heterocycles. The van der Waals surface area contributed by atoms with Crippen LogP contribution >= 0.6 is 0 Å². The third-order valence-corrected chi connectivity index (χ3v) is 3.73. The van der Waals surface area contributed by atoms with Crippen LogP contribution in [0.2, 0.25) is 0 Å². The number of amides is 1. The molecule has 0 fully saturated rings. The standard InChI is InChI=1S/C18H23N3O4/c1-4-15(22)13-7-9-14(10-8-13)24-12-18(23)21(6-3)11-17-20-19-16(5-2)25-17/h7-10H,4-6,11-12H2,1-3H3. The molecular weight excluding hydrogens is 322 g/mol. The first kappa shape index (κ1) is 18.6. The van der Waals surface area contributed by atoms with Gasteiger partial charge in [-0.1, -0.05) is 13.8 Å². The highest BCUT2D eigenvalue weighted by molar-refractivity contribution is 5.95. The van der Waals surface area contributed by atoms with Crippen LogP contribution in [0.3, 0.4) is 0 Å². The van der Waals surface area contributed by atoms with E-state index in [-0.39, 0.29) is 24.8 Å². The summed E-state index contributed by atoms with van der Waals surface area (Å²) in [5.41, 5.74) is 0.638. The highest BCUT2D eigenvalue weighted by atomic mass is 16.5. The molecule has 0 aliphatic carbocycles. The average molecular weight is 345 g/mol. The Labute approximate surface area is 147 Å².